The average molecular weight is 393 g/mol. The summed E-state index contributed by atoms with van der Waals surface area (Å²) in [6.07, 6.45) is -4.03. The van der Waals surface area contributed by atoms with Gasteiger partial charge in [0.15, 0.2) is 11.5 Å². The van der Waals surface area contributed by atoms with Gasteiger partial charge in [-0.15, -0.1) is 0 Å². The van der Waals surface area contributed by atoms with Gasteiger partial charge in [-0.05, 0) is 55.7 Å². The van der Waals surface area contributed by atoms with Crippen molar-refractivity contribution in [2.75, 3.05) is 19.8 Å². The van der Waals surface area contributed by atoms with Crippen LogP contribution in [-0.2, 0) is 19.1 Å². The van der Waals surface area contributed by atoms with Gasteiger partial charge in [0.25, 0.3) is 5.91 Å². The van der Waals surface area contributed by atoms with Crippen molar-refractivity contribution in [1.29, 1.82) is 0 Å². The number of carbonyl (C=O) groups excluding carboxylic acids is 1. The Kier molecular flexibility index (Phi) is 5.82. The molecule has 1 amide bonds. The number of amides is 1. The van der Waals surface area contributed by atoms with E-state index in [9.17, 15) is 18.0 Å². The van der Waals surface area contributed by atoms with Crippen LogP contribution in [0.5, 0.6) is 11.5 Å². The number of nitrogens with zero attached hydrogens (tertiary/aromatic N) is 1. The molecule has 0 unspecified atom stereocenters. The smallest absolute Gasteiger partial charge is 0.417 e. The molecule has 2 aromatic rings. The van der Waals surface area contributed by atoms with E-state index in [1.807, 2.05) is 26.0 Å². The van der Waals surface area contributed by atoms with E-state index in [0.717, 1.165) is 17.2 Å². The molecule has 3 rings (SSSR count). The number of rotatable bonds is 5. The third-order valence-corrected chi connectivity index (χ3v) is 4.63. The molecule has 1 heterocycles. The van der Waals surface area contributed by atoms with Gasteiger partial charge in [-0.2, -0.15) is 13.2 Å². The molecule has 0 atom stereocenters. The molecule has 4 nitrogen and oxygen atoms in total. The highest BCUT2D eigenvalue weighted by molar-refractivity contribution is 5.96. The molecule has 1 aliphatic heterocycles. The Balaban J connectivity index is 1.89. The van der Waals surface area contributed by atoms with Gasteiger partial charge in [0.2, 0.25) is 0 Å². The van der Waals surface area contributed by atoms with Gasteiger partial charge >= 0.3 is 6.18 Å². The summed E-state index contributed by atoms with van der Waals surface area (Å²) in [5.74, 6) is 0.601. The Morgan fingerprint density at radius 3 is 2.25 bits per heavy atom. The van der Waals surface area contributed by atoms with Crippen LogP contribution in [0.2, 0.25) is 0 Å². The van der Waals surface area contributed by atoms with Crippen LogP contribution in [0.15, 0.2) is 36.4 Å². The first kappa shape index (κ1) is 20.0. The van der Waals surface area contributed by atoms with E-state index < -0.39 is 17.6 Å². The summed E-state index contributed by atoms with van der Waals surface area (Å²) in [5.41, 5.74) is 0.637. The Morgan fingerprint density at radius 2 is 1.64 bits per heavy atom. The maximum absolute atomic E-state index is 13.3. The van der Waals surface area contributed by atoms with E-state index in [-0.39, 0.29) is 12.1 Å². The highest BCUT2D eigenvalue weighted by Gasteiger charge is 2.36. The minimum Gasteiger partial charge on any atom is -0.490 e. The summed E-state index contributed by atoms with van der Waals surface area (Å²) in [6.45, 7) is 5.27. The molecular weight excluding hydrogens is 371 g/mol. The average Bonchev–Trinajstić information content (AvgIpc) is 2.67. The summed E-state index contributed by atoms with van der Waals surface area (Å²) in [7, 11) is 0. The second kappa shape index (κ2) is 8.12. The molecule has 0 bridgehead atoms. The molecule has 0 spiro atoms. The van der Waals surface area contributed by atoms with Crippen molar-refractivity contribution >= 4 is 5.91 Å². The van der Waals surface area contributed by atoms with E-state index in [0.29, 0.717) is 37.7 Å². The van der Waals surface area contributed by atoms with E-state index in [1.165, 1.54) is 23.1 Å². The number of halogens is 3. The third kappa shape index (κ3) is 4.08. The second-order valence-corrected chi connectivity index (χ2v) is 6.45. The van der Waals surface area contributed by atoms with Gasteiger partial charge in [-0.3, -0.25) is 4.79 Å². The number of fused-ring (bicyclic) bond motifs is 1. The topological polar surface area (TPSA) is 38.8 Å². The molecule has 0 aromatic heterocycles. The molecule has 0 N–H and O–H groups in total. The molecule has 7 heteroatoms. The highest BCUT2D eigenvalue weighted by Crippen LogP contribution is 2.36. The number of hydrogen-bond acceptors (Lipinski definition) is 3. The van der Waals surface area contributed by atoms with Crippen LogP contribution in [0.25, 0.3) is 0 Å². The Morgan fingerprint density at radius 1 is 1.04 bits per heavy atom. The van der Waals surface area contributed by atoms with Gasteiger partial charge < -0.3 is 14.4 Å². The Bertz CT molecular complexity index is 864. The standard InChI is InChI=1S/C21H22F3NO3/c1-3-27-18-11-14-9-10-25(13-15(14)12-19(18)28-4-2)20(26)16-7-5-6-8-17(16)21(22,23)24/h5-8,11-12H,3-4,9-10,13H2,1-2H3. The number of ether oxygens (including phenoxy) is 2. The van der Waals surface area contributed by atoms with Crippen molar-refractivity contribution in [3.63, 3.8) is 0 Å². The van der Waals surface area contributed by atoms with E-state index in [1.54, 1.807) is 0 Å². The van der Waals surface area contributed by atoms with Crippen molar-refractivity contribution in [2.45, 2.75) is 33.0 Å². The van der Waals surface area contributed by atoms with Crippen LogP contribution < -0.4 is 9.47 Å². The van der Waals surface area contributed by atoms with Crippen molar-refractivity contribution in [3.05, 3.63) is 58.7 Å². The minimum absolute atomic E-state index is 0.229. The fourth-order valence-electron chi connectivity index (χ4n) is 3.36. The summed E-state index contributed by atoms with van der Waals surface area (Å²) in [4.78, 5) is 14.3. The maximum atomic E-state index is 13.3. The Labute approximate surface area is 161 Å². The molecule has 28 heavy (non-hydrogen) atoms. The summed E-state index contributed by atoms with van der Waals surface area (Å²) in [5, 5.41) is 0. The quantitative estimate of drug-likeness (QED) is 0.739. The molecule has 0 saturated carbocycles. The van der Waals surface area contributed by atoms with Crippen molar-refractivity contribution in [3.8, 4) is 11.5 Å². The molecule has 0 fully saturated rings. The minimum atomic E-state index is -4.57. The first-order valence-electron chi connectivity index (χ1n) is 9.22. The number of benzene rings is 2. The maximum Gasteiger partial charge on any atom is 0.417 e. The largest absolute Gasteiger partial charge is 0.490 e. The zero-order valence-corrected chi connectivity index (χ0v) is 15.8. The lowest BCUT2D eigenvalue weighted by Gasteiger charge is -2.30. The lowest BCUT2D eigenvalue weighted by Crippen LogP contribution is -2.37. The SMILES string of the molecule is CCOc1cc2c(cc1OCC)CN(C(=O)c1ccccc1C(F)(F)F)CC2. The van der Waals surface area contributed by atoms with Crippen LogP contribution in [0.3, 0.4) is 0 Å². The summed E-state index contributed by atoms with van der Waals surface area (Å²) >= 11 is 0. The Hall–Kier alpha value is -2.70. The van der Waals surface area contributed by atoms with E-state index in [2.05, 4.69) is 0 Å². The molecule has 0 aliphatic carbocycles. The van der Waals surface area contributed by atoms with Crippen molar-refractivity contribution < 1.29 is 27.4 Å². The lowest BCUT2D eigenvalue weighted by atomic mass is 9.97. The third-order valence-electron chi connectivity index (χ3n) is 4.63. The van der Waals surface area contributed by atoms with Gasteiger partial charge in [0.05, 0.1) is 24.3 Å². The van der Waals surface area contributed by atoms with Gasteiger partial charge in [0.1, 0.15) is 0 Å². The number of alkyl halides is 3. The molecular formula is C21H22F3NO3. The normalized spacial score (nSPS) is 13.8. The second-order valence-electron chi connectivity index (χ2n) is 6.45. The van der Waals surface area contributed by atoms with Gasteiger partial charge in [-0.25, -0.2) is 0 Å². The molecule has 2 aromatic carbocycles. The van der Waals surface area contributed by atoms with Crippen molar-refractivity contribution in [1.82, 2.24) is 4.90 Å². The molecule has 1 aliphatic rings. The van der Waals surface area contributed by atoms with Crippen LogP contribution in [0.1, 0.15) is 40.9 Å². The van der Waals surface area contributed by atoms with Crippen LogP contribution in [-0.4, -0.2) is 30.6 Å². The summed E-state index contributed by atoms with van der Waals surface area (Å²) < 4.78 is 51.0. The van der Waals surface area contributed by atoms with Gasteiger partial charge in [-0.1, -0.05) is 12.1 Å². The first-order chi connectivity index (χ1) is 13.3. The highest BCUT2D eigenvalue weighted by atomic mass is 19.4. The molecule has 0 saturated heterocycles. The van der Waals surface area contributed by atoms with E-state index >= 15 is 0 Å². The summed E-state index contributed by atoms with van der Waals surface area (Å²) in [6, 6.07) is 8.61. The van der Waals surface area contributed by atoms with Crippen LogP contribution in [0, 0.1) is 0 Å². The molecule has 0 radical (unpaired) electrons. The predicted molar refractivity (Wildman–Crippen MR) is 98.7 cm³/mol. The monoisotopic (exact) mass is 393 g/mol. The molecule has 150 valence electrons. The zero-order chi connectivity index (χ0) is 20.3. The van der Waals surface area contributed by atoms with Crippen molar-refractivity contribution in [2.24, 2.45) is 0 Å². The number of carbonyl (C=O) groups is 1. The predicted octanol–water partition coefficient (Wildman–Crippen LogP) is 4.70. The first-order valence-corrected chi connectivity index (χ1v) is 9.22. The fraction of sp³-hybridized carbons (Fsp3) is 0.381. The van der Waals surface area contributed by atoms with Crippen LogP contribution in [0.4, 0.5) is 13.2 Å². The zero-order valence-electron chi connectivity index (χ0n) is 15.8. The van der Waals surface area contributed by atoms with Gasteiger partial charge in [0, 0.05) is 13.1 Å². The van der Waals surface area contributed by atoms with E-state index in [4.69, 9.17) is 9.47 Å². The van der Waals surface area contributed by atoms with Crippen LogP contribution >= 0.6 is 0 Å². The number of hydrogen-bond donors (Lipinski definition) is 0. The lowest BCUT2D eigenvalue weighted by molar-refractivity contribution is -0.138. The fourth-order valence-corrected chi connectivity index (χ4v) is 3.36.